The van der Waals surface area contributed by atoms with E-state index in [1.54, 1.807) is 12.3 Å². The van der Waals surface area contributed by atoms with E-state index >= 15 is 0 Å². The summed E-state index contributed by atoms with van der Waals surface area (Å²) in [6.45, 7) is 5.10. The molecule has 1 unspecified atom stereocenters. The van der Waals surface area contributed by atoms with Crippen molar-refractivity contribution in [3.05, 3.63) is 53.7 Å². The number of benzene rings is 1. The van der Waals surface area contributed by atoms with Gasteiger partial charge in [0.05, 0.1) is 5.69 Å². The number of pyridine rings is 1. The Morgan fingerprint density at radius 2 is 1.89 bits per heavy atom. The summed E-state index contributed by atoms with van der Waals surface area (Å²) < 4.78 is 5.55. The summed E-state index contributed by atoms with van der Waals surface area (Å²) >= 11 is 0. The van der Waals surface area contributed by atoms with Crippen LogP contribution in [-0.2, 0) is 6.54 Å². The average molecular weight is 413 g/mol. The van der Waals surface area contributed by atoms with Gasteiger partial charge in [0.25, 0.3) is 0 Å². The van der Waals surface area contributed by atoms with Crippen molar-refractivity contribution < 1.29 is 9.84 Å². The number of aromatic nitrogens is 1. The first-order valence-electron chi connectivity index (χ1n) is 8.31. The third-order valence-corrected chi connectivity index (χ3v) is 3.53. The van der Waals surface area contributed by atoms with Crippen LogP contribution >= 0.6 is 24.8 Å². The molecular weight excluding hydrogens is 387 g/mol. The molecule has 0 aliphatic carbocycles. The van der Waals surface area contributed by atoms with Crippen LogP contribution in [0.3, 0.4) is 0 Å². The number of nitriles is 1. The van der Waals surface area contributed by atoms with Crippen LogP contribution in [0.5, 0.6) is 5.88 Å². The molecule has 1 heterocycles. The Morgan fingerprint density at radius 3 is 2.52 bits per heavy atom. The number of halogens is 2. The number of nitrogens with one attached hydrogen (secondary N) is 2. The molecule has 3 N–H and O–H groups in total. The summed E-state index contributed by atoms with van der Waals surface area (Å²) in [4.78, 5) is 4.12. The van der Waals surface area contributed by atoms with E-state index in [1.807, 2.05) is 44.2 Å². The van der Waals surface area contributed by atoms with Crippen molar-refractivity contribution in [2.45, 2.75) is 32.5 Å². The van der Waals surface area contributed by atoms with Gasteiger partial charge in [0.1, 0.15) is 24.3 Å². The first kappa shape index (κ1) is 25.0. The minimum Gasteiger partial charge on any atom is -0.474 e. The summed E-state index contributed by atoms with van der Waals surface area (Å²) in [5, 5.41) is 25.7. The lowest BCUT2D eigenvalue weighted by atomic mass is 10.2. The molecule has 0 saturated heterocycles. The maximum atomic E-state index is 9.93. The molecule has 1 aromatic carbocycles. The van der Waals surface area contributed by atoms with Gasteiger partial charge >= 0.3 is 0 Å². The van der Waals surface area contributed by atoms with E-state index in [9.17, 15) is 10.4 Å². The van der Waals surface area contributed by atoms with Gasteiger partial charge < -0.3 is 20.5 Å². The molecule has 0 aliphatic heterocycles. The Labute approximate surface area is 172 Å². The summed E-state index contributed by atoms with van der Waals surface area (Å²) in [7, 11) is 0. The number of nitrogens with zero attached hydrogens (tertiary/aromatic N) is 2. The number of ether oxygens (including phenoxy) is 1. The molecule has 0 amide bonds. The van der Waals surface area contributed by atoms with Gasteiger partial charge in [-0.25, -0.2) is 4.98 Å². The van der Waals surface area contributed by atoms with E-state index in [1.165, 1.54) is 0 Å². The average Bonchev–Trinajstić information content (AvgIpc) is 2.63. The molecule has 148 valence electrons. The zero-order valence-corrected chi connectivity index (χ0v) is 17.0. The van der Waals surface area contributed by atoms with Crippen LogP contribution in [-0.4, -0.2) is 35.4 Å². The molecule has 1 atom stereocenters. The van der Waals surface area contributed by atoms with Crippen molar-refractivity contribution in [1.29, 1.82) is 5.26 Å². The summed E-state index contributed by atoms with van der Waals surface area (Å²) in [6, 6.07) is 14.1. The van der Waals surface area contributed by atoms with Gasteiger partial charge in [-0.3, -0.25) is 0 Å². The van der Waals surface area contributed by atoms with E-state index in [4.69, 9.17) is 4.74 Å². The number of hydrogen-bond donors (Lipinski definition) is 3. The molecule has 0 fully saturated rings. The van der Waals surface area contributed by atoms with Crippen molar-refractivity contribution >= 4 is 30.5 Å². The lowest BCUT2D eigenvalue weighted by Crippen LogP contribution is -2.35. The Balaban J connectivity index is 0.00000338. The minimum absolute atomic E-state index is 0. The summed E-state index contributed by atoms with van der Waals surface area (Å²) in [5.41, 5.74) is 2.11. The van der Waals surface area contributed by atoms with Gasteiger partial charge in [-0.1, -0.05) is 44.2 Å². The number of aliphatic hydroxyl groups is 1. The predicted molar refractivity (Wildman–Crippen MR) is 112 cm³/mol. The van der Waals surface area contributed by atoms with Gasteiger partial charge in [0.2, 0.25) is 5.88 Å². The normalized spacial score (nSPS) is 10.9. The second-order valence-corrected chi connectivity index (χ2v) is 6.02. The second-order valence-electron chi connectivity index (χ2n) is 6.02. The van der Waals surface area contributed by atoms with Gasteiger partial charge in [-0.05, 0) is 11.6 Å². The predicted octanol–water partition coefficient (Wildman–Crippen LogP) is 3.15. The van der Waals surface area contributed by atoms with Gasteiger partial charge in [-0.2, -0.15) is 5.26 Å². The van der Waals surface area contributed by atoms with Crippen LogP contribution in [0, 0.1) is 11.3 Å². The topological polar surface area (TPSA) is 90.2 Å². The molecule has 1 aromatic heterocycles. The van der Waals surface area contributed by atoms with Crippen molar-refractivity contribution in [1.82, 2.24) is 10.3 Å². The third-order valence-electron chi connectivity index (χ3n) is 3.53. The molecule has 0 saturated carbocycles. The van der Waals surface area contributed by atoms with Crippen LogP contribution in [0.25, 0.3) is 0 Å². The van der Waals surface area contributed by atoms with E-state index < -0.39 is 6.10 Å². The number of anilines is 1. The summed E-state index contributed by atoms with van der Waals surface area (Å²) in [6.07, 6.45) is 0.916. The van der Waals surface area contributed by atoms with Crippen molar-refractivity contribution in [2.24, 2.45) is 0 Å². The zero-order chi connectivity index (χ0) is 18.1. The van der Waals surface area contributed by atoms with E-state index in [0.29, 0.717) is 24.3 Å². The third kappa shape index (κ3) is 8.46. The molecule has 0 spiro atoms. The molecule has 27 heavy (non-hydrogen) atoms. The van der Waals surface area contributed by atoms with Crippen LogP contribution in [0.4, 0.5) is 5.69 Å². The van der Waals surface area contributed by atoms with Crippen molar-refractivity contribution in [3.8, 4) is 11.9 Å². The fourth-order valence-corrected chi connectivity index (χ4v) is 2.21. The largest absolute Gasteiger partial charge is 0.474 e. The van der Waals surface area contributed by atoms with Gasteiger partial charge in [0.15, 0.2) is 0 Å². The van der Waals surface area contributed by atoms with Crippen molar-refractivity contribution in [3.63, 3.8) is 0 Å². The maximum absolute atomic E-state index is 9.93. The van der Waals surface area contributed by atoms with Gasteiger partial charge in [-0.15, -0.1) is 24.8 Å². The highest BCUT2D eigenvalue weighted by molar-refractivity contribution is 5.85. The SMILES string of the molecule is CC(C)NCC(O)COc1nccc(NCc2ccccc2)c1C#N.Cl.Cl. The molecule has 8 heteroatoms. The summed E-state index contributed by atoms with van der Waals surface area (Å²) in [5.74, 6) is 0.226. The standard InChI is InChI=1S/C19H24N4O2.2ClH/c1-14(2)22-12-16(24)13-25-19-17(10-20)18(8-9-21-19)23-11-15-6-4-3-5-7-15;;/h3-9,14,16,22,24H,11-13H2,1-2H3,(H,21,23);2*1H. The number of hydrogen-bond acceptors (Lipinski definition) is 6. The smallest absolute Gasteiger partial charge is 0.233 e. The molecule has 2 rings (SSSR count). The minimum atomic E-state index is -0.670. The highest BCUT2D eigenvalue weighted by Gasteiger charge is 2.13. The number of aliphatic hydroxyl groups excluding tert-OH is 1. The van der Waals surface area contributed by atoms with Crippen LogP contribution < -0.4 is 15.4 Å². The first-order valence-corrected chi connectivity index (χ1v) is 8.31. The molecule has 0 aliphatic rings. The highest BCUT2D eigenvalue weighted by Crippen LogP contribution is 2.23. The first-order chi connectivity index (χ1) is 12.1. The van der Waals surface area contributed by atoms with E-state index in [0.717, 1.165) is 5.56 Å². The lowest BCUT2D eigenvalue weighted by molar-refractivity contribution is 0.102. The van der Waals surface area contributed by atoms with Crippen LogP contribution in [0.15, 0.2) is 42.6 Å². The maximum Gasteiger partial charge on any atom is 0.233 e. The monoisotopic (exact) mass is 412 g/mol. The Hall–Kier alpha value is -2.04. The second kappa shape index (κ2) is 13.2. The zero-order valence-electron chi connectivity index (χ0n) is 15.4. The fraction of sp³-hybridized carbons (Fsp3) is 0.368. The molecular formula is C19H26Cl2N4O2. The highest BCUT2D eigenvalue weighted by atomic mass is 35.5. The van der Waals surface area contributed by atoms with Crippen LogP contribution in [0.1, 0.15) is 25.0 Å². The Kier molecular flexibility index (Phi) is 12.2. The molecule has 2 aromatic rings. The van der Waals surface area contributed by atoms with E-state index in [2.05, 4.69) is 21.7 Å². The van der Waals surface area contributed by atoms with Crippen molar-refractivity contribution in [2.75, 3.05) is 18.5 Å². The fourth-order valence-electron chi connectivity index (χ4n) is 2.21. The quantitative estimate of drug-likeness (QED) is 0.585. The Bertz CT molecular complexity index is 709. The Morgan fingerprint density at radius 1 is 1.19 bits per heavy atom. The van der Waals surface area contributed by atoms with Crippen LogP contribution in [0.2, 0.25) is 0 Å². The molecule has 6 nitrogen and oxygen atoms in total. The molecule has 0 bridgehead atoms. The van der Waals surface area contributed by atoms with Gasteiger partial charge in [0, 0.05) is 25.3 Å². The molecule has 0 radical (unpaired) electrons. The lowest BCUT2D eigenvalue weighted by Gasteiger charge is -2.16. The number of rotatable bonds is 9. The van der Waals surface area contributed by atoms with E-state index in [-0.39, 0.29) is 43.3 Å².